The number of hydrogen-bond acceptors (Lipinski definition) is 3. The van der Waals surface area contributed by atoms with E-state index in [4.69, 9.17) is 10.00 Å². The Morgan fingerprint density at radius 2 is 2.12 bits per heavy atom. The van der Waals surface area contributed by atoms with E-state index in [0.29, 0.717) is 12.3 Å². The minimum Gasteiger partial charge on any atom is -0.494 e. The second-order valence-corrected chi connectivity index (χ2v) is 3.16. The van der Waals surface area contributed by atoms with Gasteiger partial charge in [0.2, 0.25) is 5.91 Å². The van der Waals surface area contributed by atoms with Crippen LogP contribution in [0.15, 0.2) is 24.3 Å². The predicted molar refractivity (Wildman–Crippen MR) is 61.1 cm³/mol. The molecule has 0 aliphatic carbocycles. The maximum absolute atomic E-state index is 11.3. The Balaban J connectivity index is 2.49. The standard InChI is InChI=1S/C12H14N2O2/c1-2-16-11-7-5-10(6-8-11)14-12(15)4-3-9-13/h5-8H,2-4H2,1H3,(H,14,15). The molecule has 1 aromatic rings. The lowest BCUT2D eigenvalue weighted by molar-refractivity contribution is -0.116. The molecule has 1 amide bonds. The van der Waals surface area contributed by atoms with Crippen LogP contribution in [-0.4, -0.2) is 12.5 Å². The molecule has 0 aromatic heterocycles. The summed E-state index contributed by atoms with van der Waals surface area (Å²) in [7, 11) is 0. The van der Waals surface area contributed by atoms with Crippen molar-refractivity contribution in [2.75, 3.05) is 11.9 Å². The Kier molecular flexibility index (Phi) is 4.87. The summed E-state index contributed by atoms with van der Waals surface area (Å²) in [5.74, 6) is 0.628. The van der Waals surface area contributed by atoms with Gasteiger partial charge in [0.05, 0.1) is 12.7 Å². The highest BCUT2D eigenvalue weighted by molar-refractivity contribution is 5.90. The van der Waals surface area contributed by atoms with Crippen molar-refractivity contribution in [3.05, 3.63) is 24.3 Å². The summed E-state index contributed by atoms with van der Waals surface area (Å²) in [5, 5.41) is 11.0. The first kappa shape index (κ1) is 12.1. The van der Waals surface area contributed by atoms with Crippen LogP contribution in [0.1, 0.15) is 19.8 Å². The van der Waals surface area contributed by atoms with Crippen LogP contribution in [-0.2, 0) is 4.79 Å². The highest BCUT2D eigenvalue weighted by Crippen LogP contribution is 2.15. The molecule has 16 heavy (non-hydrogen) atoms. The number of amides is 1. The van der Waals surface area contributed by atoms with Crippen molar-refractivity contribution in [3.63, 3.8) is 0 Å². The van der Waals surface area contributed by atoms with E-state index in [1.807, 2.05) is 13.0 Å². The third-order valence-electron chi connectivity index (χ3n) is 1.91. The SMILES string of the molecule is CCOc1ccc(NC(=O)CCC#N)cc1. The number of rotatable bonds is 5. The quantitative estimate of drug-likeness (QED) is 0.825. The molecule has 4 heteroatoms. The minimum atomic E-state index is -0.147. The molecule has 0 unspecified atom stereocenters. The third-order valence-corrected chi connectivity index (χ3v) is 1.91. The van der Waals surface area contributed by atoms with Crippen molar-refractivity contribution in [1.82, 2.24) is 0 Å². The maximum Gasteiger partial charge on any atom is 0.225 e. The van der Waals surface area contributed by atoms with Gasteiger partial charge in [-0.1, -0.05) is 0 Å². The van der Waals surface area contributed by atoms with Crippen LogP contribution in [0.3, 0.4) is 0 Å². The second kappa shape index (κ2) is 6.46. The number of benzene rings is 1. The van der Waals surface area contributed by atoms with Crippen molar-refractivity contribution in [2.24, 2.45) is 0 Å². The Labute approximate surface area is 94.8 Å². The van der Waals surface area contributed by atoms with E-state index >= 15 is 0 Å². The fourth-order valence-electron chi connectivity index (χ4n) is 1.19. The first-order valence-corrected chi connectivity index (χ1v) is 5.16. The molecule has 4 nitrogen and oxygen atoms in total. The van der Waals surface area contributed by atoms with Crippen molar-refractivity contribution in [3.8, 4) is 11.8 Å². The van der Waals surface area contributed by atoms with Crippen molar-refractivity contribution in [2.45, 2.75) is 19.8 Å². The normalized spacial score (nSPS) is 9.25. The van der Waals surface area contributed by atoms with E-state index in [0.717, 1.165) is 5.75 Å². The monoisotopic (exact) mass is 218 g/mol. The Hall–Kier alpha value is -2.02. The van der Waals surface area contributed by atoms with Gasteiger partial charge in [-0.3, -0.25) is 4.79 Å². The van der Waals surface area contributed by atoms with Crippen LogP contribution in [0.25, 0.3) is 0 Å². The largest absolute Gasteiger partial charge is 0.494 e. The molecule has 1 aromatic carbocycles. The molecule has 0 radical (unpaired) electrons. The van der Waals surface area contributed by atoms with Crippen molar-refractivity contribution >= 4 is 11.6 Å². The zero-order valence-corrected chi connectivity index (χ0v) is 9.19. The molecular formula is C12H14N2O2. The molecule has 0 heterocycles. The Morgan fingerprint density at radius 1 is 1.44 bits per heavy atom. The first-order chi connectivity index (χ1) is 7.76. The van der Waals surface area contributed by atoms with Gasteiger partial charge in [-0.05, 0) is 31.2 Å². The molecule has 0 atom stereocenters. The number of anilines is 1. The minimum absolute atomic E-state index is 0.147. The number of ether oxygens (including phenoxy) is 1. The lowest BCUT2D eigenvalue weighted by Crippen LogP contribution is -2.10. The van der Waals surface area contributed by atoms with Gasteiger partial charge in [-0.25, -0.2) is 0 Å². The van der Waals surface area contributed by atoms with Crippen LogP contribution in [0.4, 0.5) is 5.69 Å². The van der Waals surface area contributed by atoms with Crippen LogP contribution < -0.4 is 10.1 Å². The molecule has 84 valence electrons. The maximum atomic E-state index is 11.3. The van der Waals surface area contributed by atoms with E-state index in [-0.39, 0.29) is 18.7 Å². The molecular weight excluding hydrogens is 204 g/mol. The zero-order chi connectivity index (χ0) is 11.8. The fraction of sp³-hybridized carbons (Fsp3) is 0.333. The Bertz CT molecular complexity index is 379. The van der Waals surface area contributed by atoms with Gasteiger partial charge < -0.3 is 10.1 Å². The van der Waals surface area contributed by atoms with Gasteiger partial charge in [0.25, 0.3) is 0 Å². The highest BCUT2D eigenvalue weighted by Gasteiger charge is 2.01. The van der Waals surface area contributed by atoms with E-state index in [9.17, 15) is 4.79 Å². The van der Waals surface area contributed by atoms with Gasteiger partial charge in [-0.2, -0.15) is 5.26 Å². The van der Waals surface area contributed by atoms with Gasteiger partial charge in [0.15, 0.2) is 0 Å². The number of nitrogens with one attached hydrogen (secondary N) is 1. The molecule has 0 saturated heterocycles. The van der Waals surface area contributed by atoms with Crippen molar-refractivity contribution in [1.29, 1.82) is 5.26 Å². The molecule has 0 aliphatic heterocycles. The van der Waals surface area contributed by atoms with Gasteiger partial charge in [0, 0.05) is 18.5 Å². The number of carbonyl (C=O) groups is 1. The third kappa shape index (κ3) is 4.01. The molecule has 0 saturated carbocycles. The van der Waals surface area contributed by atoms with Gasteiger partial charge in [0.1, 0.15) is 5.75 Å². The summed E-state index contributed by atoms with van der Waals surface area (Å²) in [4.78, 5) is 11.3. The summed E-state index contributed by atoms with van der Waals surface area (Å²) in [5.41, 5.74) is 0.714. The zero-order valence-electron chi connectivity index (χ0n) is 9.19. The molecule has 0 aliphatic rings. The molecule has 1 N–H and O–H groups in total. The van der Waals surface area contributed by atoms with E-state index in [1.165, 1.54) is 0 Å². The van der Waals surface area contributed by atoms with E-state index < -0.39 is 0 Å². The van der Waals surface area contributed by atoms with Crippen LogP contribution >= 0.6 is 0 Å². The summed E-state index contributed by atoms with van der Waals surface area (Å²) in [6.07, 6.45) is 0.465. The van der Waals surface area contributed by atoms with Crippen LogP contribution in [0, 0.1) is 11.3 Å². The van der Waals surface area contributed by atoms with Crippen LogP contribution in [0.2, 0.25) is 0 Å². The highest BCUT2D eigenvalue weighted by atomic mass is 16.5. The summed E-state index contributed by atoms with van der Waals surface area (Å²) in [6, 6.07) is 9.07. The number of nitriles is 1. The number of nitrogens with zero attached hydrogens (tertiary/aromatic N) is 1. The summed E-state index contributed by atoms with van der Waals surface area (Å²) < 4.78 is 5.27. The average Bonchev–Trinajstić information content (AvgIpc) is 2.29. The fourth-order valence-corrected chi connectivity index (χ4v) is 1.19. The van der Waals surface area contributed by atoms with E-state index in [2.05, 4.69) is 5.32 Å². The summed E-state index contributed by atoms with van der Waals surface area (Å²) >= 11 is 0. The molecule has 0 fully saturated rings. The molecule has 0 bridgehead atoms. The van der Waals surface area contributed by atoms with Crippen molar-refractivity contribution < 1.29 is 9.53 Å². The van der Waals surface area contributed by atoms with E-state index in [1.54, 1.807) is 24.3 Å². The second-order valence-electron chi connectivity index (χ2n) is 3.16. The lowest BCUT2D eigenvalue weighted by atomic mass is 10.2. The topological polar surface area (TPSA) is 62.1 Å². The van der Waals surface area contributed by atoms with Gasteiger partial charge >= 0.3 is 0 Å². The summed E-state index contributed by atoms with van der Waals surface area (Å²) in [6.45, 7) is 2.53. The number of hydrogen-bond donors (Lipinski definition) is 1. The first-order valence-electron chi connectivity index (χ1n) is 5.16. The predicted octanol–water partition coefficient (Wildman–Crippen LogP) is 2.33. The lowest BCUT2D eigenvalue weighted by Gasteiger charge is -2.06. The van der Waals surface area contributed by atoms with Crippen LogP contribution in [0.5, 0.6) is 5.75 Å². The number of carbonyl (C=O) groups excluding carboxylic acids is 1. The smallest absolute Gasteiger partial charge is 0.225 e. The van der Waals surface area contributed by atoms with Gasteiger partial charge in [-0.15, -0.1) is 0 Å². The molecule has 1 rings (SSSR count). The Morgan fingerprint density at radius 3 is 2.69 bits per heavy atom. The average molecular weight is 218 g/mol. The molecule has 0 spiro atoms.